The number of fused-ring (bicyclic) bond motifs is 1. The quantitative estimate of drug-likeness (QED) is 0.709. The first-order valence-electron chi connectivity index (χ1n) is 7.95. The van der Waals surface area contributed by atoms with Crippen molar-refractivity contribution in [3.63, 3.8) is 0 Å². The summed E-state index contributed by atoms with van der Waals surface area (Å²) in [5.74, 6) is 1.13. The molecular weight excluding hydrogens is 316 g/mol. The van der Waals surface area contributed by atoms with Crippen LogP contribution in [0.15, 0.2) is 59.0 Å². The van der Waals surface area contributed by atoms with E-state index >= 15 is 0 Å². The van der Waals surface area contributed by atoms with E-state index in [1.165, 1.54) is 0 Å². The Morgan fingerprint density at radius 1 is 1.24 bits per heavy atom. The van der Waals surface area contributed by atoms with E-state index in [1.807, 2.05) is 43.3 Å². The molecule has 5 heteroatoms. The van der Waals surface area contributed by atoms with Crippen LogP contribution in [0.4, 0.5) is 0 Å². The molecular formula is C20H18N2O3. The van der Waals surface area contributed by atoms with E-state index in [4.69, 9.17) is 14.4 Å². The van der Waals surface area contributed by atoms with Gasteiger partial charge in [0.05, 0.1) is 17.7 Å². The molecule has 0 aliphatic carbocycles. The maximum atomic E-state index is 12.4. The summed E-state index contributed by atoms with van der Waals surface area (Å²) in [7, 11) is 1.72. The summed E-state index contributed by atoms with van der Waals surface area (Å²) >= 11 is 0. The van der Waals surface area contributed by atoms with Crippen LogP contribution in [0.2, 0.25) is 0 Å². The highest BCUT2D eigenvalue weighted by Gasteiger charge is 2.21. The second kappa shape index (κ2) is 7.10. The Hall–Kier alpha value is -3.26. The zero-order chi connectivity index (χ0) is 17.8. The van der Waals surface area contributed by atoms with Gasteiger partial charge in [-0.05, 0) is 43.3 Å². The van der Waals surface area contributed by atoms with E-state index in [2.05, 4.69) is 0 Å². The molecule has 0 fully saturated rings. The smallest absolute Gasteiger partial charge is 0.260 e. The summed E-state index contributed by atoms with van der Waals surface area (Å²) in [6.07, 6.45) is 0. The average Bonchev–Trinajstić information content (AvgIpc) is 3.09. The number of rotatable bonds is 5. The molecule has 1 atom stereocenters. The Labute approximate surface area is 146 Å². The third kappa shape index (κ3) is 3.64. The van der Waals surface area contributed by atoms with Crippen LogP contribution in [-0.4, -0.2) is 24.5 Å². The van der Waals surface area contributed by atoms with Gasteiger partial charge in [-0.25, -0.2) is 0 Å². The molecule has 0 bridgehead atoms. The summed E-state index contributed by atoms with van der Waals surface area (Å²) in [6, 6.07) is 18.2. The first-order valence-corrected chi connectivity index (χ1v) is 7.95. The van der Waals surface area contributed by atoms with Crippen LogP contribution >= 0.6 is 0 Å². The van der Waals surface area contributed by atoms with Gasteiger partial charge in [-0.3, -0.25) is 4.79 Å². The highest BCUT2D eigenvalue weighted by Crippen LogP contribution is 2.26. The number of hydrogen-bond donors (Lipinski definition) is 0. The number of carbonyl (C=O) groups excluding carboxylic acids is 1. The zero-order valence-corrected chi connectivity index (χ0v) is 14.1. The molecule has 0 N–H and O–H groups in total. The van der Waals surface area contributed by atoms with Crippen LogP contribution in [0.1, 0.15) is 24.3 Å². The lowest BCUT2D eigenvalue weighted by molar-refractivity contribution is -0.134. The Balaban J connectivity index is 1.63. The molecule has 0 aliphatic rings. The number of likely N-dealkylation sites (N-methyl/N-ethyl adjacent to an activating group) is 1. The topological polar surface area (TPSA) is 66.5 Å². The van der Waals surface area contributed by atoms with Crippen molar-refractivity contribution in [1.82, 2.24) is 4.90 Å². The van der Waals surface area contributed by atoms with E-state index in [0.29, 0.717) is 11.3 Å². The predicted octanol–water partition coefficient (Wildman–Crippen LogP) is 3.90. The lowest BCUT2D eigenvalue weighted by Gasteiger charge is -2.23. The SMILES string of the molecule is CC(c1cc2ccccc2o1)N(C)C(=O)COc1ccc(C#N)cc1. The van der Waals surface area contributed by atoms with Crippen molar-refractivity contribution in [2.45, 2.75) is 13.0 Å². The molecule has 126 valence electrons. The molecule has 1 heterocycles. The fourth-order valence-corrected chi connectivity index (χ4v) is 2.49. The molecule has 3 rings (SSSR count). The number of benzene rings is 2. The maximum Gasteiger partial charge on any atom is 0.260 e. The minimum atomic E-state index is -0.204. The fraction of sp³-hybridized carbons (Fsp3) is 0.200. The predicted molar refractivity (Wildman–Crippen MR) is 94.1 cm³/mol. The highest BCUT2D eigenvalue weighted by molar-refractivity contribution is 5.79. The molecule has 0 radical (unpaired) electrons. The third-order valence-corrected chi connectivity index (χ3v) is 4.18. The Morgan fingerprint density at radius 2 is 1.96 bits per heavy atom. The van der Waals surface area contributed by atoms with Crippen molar-refractivity contribution in [1.29, 1.82) is 5.26 Å². The lowest BCUT2D eigenvalue weighted by Crippen LogP contribution is -2.33. The van der Waals surface area contributed by atoms with Gasteiger partial charge in [0.1, 0.15) is 17.1 Å². The highest BCUT2D eigenvalue weighted by atomic mass is 16.5. The molecule has 0 saturated carbocycles. The number of nitrogens with zero attached hydrogens (tertiary/aromatic N) is 2. The van der Waals surface area contributed by atoms with Crippen LogP contribution in [-0.2, 0) is 4.79 Å². The monoisotopic (exact) mass is 334 g/mol. The molecule has 0 spiro atoms. The number of nitriles is 1. The van der Waals surface area contributed by atoms with E-state index in [1.54, 1.807) is 36.2 Å². The van der Waals surface area contributed by atoms with Crippen molar-refractivity contribution in [3.05, 3.63) is 65.9 Å². The standard InChI is InChI=1S/C20H18N2O3/c1-14(19-11-16-5-3-4-6-18(16)25-19)22(2)20(23)13-24-17-9-7-15(12-21)8-10-17/h3-11,14H,13H2,1-2H3. The fourth-order valence-electron chi connectivity index (χ4n) is 2.49. The van der Waals surface area contributed by atoms with Crippen molar-refractivity contribution in [2.24, 2.45) is 0 Å². The summed E-state index contributed by atoms with van der Waals surface area (Å²) < 4.78 is 11.3. The summed E-state index contributed by atoms with van der Waals surface area (Å²) in [4.78, 5) is 14.0. The van der Waals surface area contributed by atoms with Crippen molar-refractivity contribution >= 4 is 16.9 Å². The Morgan fingerprint density at radius 3 is 2.64 bits per heavy atom. The minimum absolute atomic E-state index is 0.0764. The molecule has 2 aromatic carbocycles. The van der Waals surface area contributed by atoms with Crippen LogP contribution in [0.25, 0.3) is 11.0 Å². The molecule has 0 aliphatic heterocycles. The first kappa shape index (κ1) is 16.6. The van der Waals surface area contributed by atoms with Gasteiger partial charge in [0.2, 0.25) is 0 Å². The van der Waals surface area contributed by atoms with Gasteiger partial charge >= 0.3 is 0 Å². The first-order chi connectivity index (χ1) is 12.1. The molecule has 1 aromatic heterocycles. The van der Waals surface area contributed by atoms with Gasteiger partial charge in [0.25, 0.3) is 5.91 Å². The Kier molecular flexibility index (Phi) is 4.71. The number of ether oxygens (including phenoxy) is 1. The second-order valence-electron chi connectivity index (χ2n) is 5.79. The molecule has 1 amide bonds. The van der Waals surface area contributed by atoms with Gasteiger partial charge in [0.15, 0.2) is 6.61 Å². The van der Waals surface area contributed by atoms with Crippen LogP contribution in [0.3, 0.4) is 0 Å². The number of furan rings is 1. The molecule has 5 nitrogen and oxygen atoms in total. The van der Waals surface area contributed by atoms with Crippen molar-refractivity contribution < 1.29 is 13.9 Å². The van der Waals surface area contributed by atoms with Crippen molar-refractivity contribution in [2.75, 3.05) is 13.7 Å². The number of carbonyl (C=O) groups is 1. The number of para-hydroxylation sites is 1. The van der Waals surface area contributed by atoms with Crippen LogP contribution < -0.4 is 4.74 Å². The van der Waals surface area contributed by atoms with Crippen LogP contribution in [0.5, 0.6) is 5.75 Å². The van der Waals surface area contributed by atoms with Gasteiger partial charge in [-0.2, -0.15) is 5.26 Å². The molecule has 0 saturated heterocycles. The Bertz CT molecular complexity index is 889. The molecule has 1 unspecified atom stereocenters. The molecule has 25 heavy (non-hydrogen) atoms. The van der Waals surface area contributed by atoms with E-state index in [0.717, 1.165) is 16.7 Å². The number of amides is 1. The largest absolute Gasteiger partial charge is 0.484 e. The second-order valence-corrected chi connectivity index (χ2v) is 5.79. The summed E-state index contributed by atoms with van der Waals surface area (Å²) in [6.45, 7) is 1.84. The summed E-state index contributed by atoms with van der Waals surface area (Å²) in [5.41, 5.74) is 1.35. The van der Waals surface area contributed by atoms with E-state index < -0.39 is 0 Å². The third-order valence-electron chi connectivity index (χ3n) is 4.18. The maximum absolute atomic E-state index is 12.4. The minimum Gasteiger partial charge on any atom is -0.484 e. The summed E-state index contributed by atoms with van der Waals surface area (Å²) in [5, 5.41) is 9.79. The van der Waals surface area contributed by atoms with Gasteiger partial charge in [0, 0.05) is 12.4 Å². The van der Waals surface area contributed by atoms with E-state index in [-0.39, 0.29) is 18.6 Å². The van der Waals surface area contributed by atoms with Crippen molar-refractivity contribution in [3.8, 4) is 11.8 Å². The zero-order valence-electron chi connectivity index (χ0n) is 14.1. The van der Waals surface area contributed by atoms with Gasteiger partial charge in [-0.1, -0.05) is 18.2 Å². The normalized spacial score (nSPS) is 11.7. The van der Waals surface area contributed by atoms with Crippen LogP contribution in [0, 0.1) is 11.3 Å². The van der Waals surface area contributed by atoms with Gasteiger partial charge < -0.3 is 14.1 Å². The number of hydrogen-bond acceptors (Lipinski definition) is 4. The molecule has 3 aromatic rings. The average molecular weight is 334 g/mol. The lowest BCUT2D eigenvalue weighted by atomic mass is 10.2. The van der Waals surface area contributed by atoms with Gasteiger partial charge in [-0.15, -0.1) is 0 Å². The van der Waals surface area contributed by atoms with E-state index in [9.17, 15) is 4.79 Å².